The smallest absolute Gasteiger partial charge is 0.210 e. The van der Waals surface area contributed by atoms with E-state index in [9.17, 15) is 0 Å². The monoisotopic (exact) mass is 364 g/mol. The summed E-state index contributed by atoms with van der Waals surface area (Å²) in [6.07, 6.45) is 0. The van der Waals surface area contributed by atoms with Gasteiger partial charge in [-0.3, -0.25) is 0 Å². The molecule has 118 valence electrons. The number of nitrogens with zero attached hydrogens (tertiary/aromatic N) is 3. The molecule has 0 radical (unpaired) electrons. The fourth-order valence-corrected chi connectivity index (χ4v) is 3.47. The quantitative estimate of drug-likeness (QED) is 0.544. The summed E-state index contributed by atoms with van der Waals surface area (Å²) in [5.74, 6) is 7.39. The third-order valence-corrected chi connectivity index (χ3v) is 4.93. The van der Waals surface area contributed by atoms with Crippen molar-refractivity contribution in [3.8, 4) is 11.4 Å². The predicted octanol–water partition coefficient (Wildman–Crippen LogP) is 4.57. The van der Waals surface area contributed by atoms with Gasteiger partial charge >= 0.3 is 0 Å². The first-order chi connectivity index (χ1) is 11.0. The Morgan fingerprint density at radius 2 is 1.83 bits per heavy atom. The fourth-order valence-electron chi connectivity index (χ4n) is 2.06. The van der Waals surface area contributed by atoms with E-state index in [0.29, 0.717) is 26.8 Å². The number of nitrogens with two attached hydrogens (primary N) is 1. The number of rotatable bonds is 4. The largest absolute Gasteiger partial charge is 0.335 e. The second kappa shape index (κ2) is 6.83. The molecule has 0 aliphatic rings. The van der Waals surface area contributed by atoms with E-state index in [1.807, 2.05) is 43.3 Å². The Balaban J connectivity index is 1.78. The van der Waals surface area contributed by atoms with E-state index < -0.39 is 0 Å². The molecule has 0 aliphatic carbocycles. The van der Waals surface area contributed by atoms with Gasteiger partial charge < -0.3 is 5.84 Å². The van der Waals surface area contributed by atoms with Crippen LogP contribution < -0.4 is 5.84 Å². The highest BCUT2D eigenvalue weighted by Crippen LogP contribution is 2.28. The van der Waals surface area contributed by atoms with Crippen molar-refractivity contribution in [1.82, 2.24) is 14.9 Å². The van der Waals surface area contributed by atoms with Crippen LogP contribution in [0.5, 0.6) is 0 Å². The molecule has 0 spiro atoms. The first-order valence-electron chi connectivity index (χ1n) is 6.89. The molecule has 2 N–H and O–H groups in total. The van der Waals surface area contributed by atoms with Crippen molar-refractivity contribution in [2.75, 3.05) is 5.84 Å². The van der Waals surface area contributed by atoms with Gasteiger partial charge in [-0.2, -0.15) is 0 Å². The Morgan fingerprint density at radius 3 is 2.52 bits per heavy atom. The van der Waals surface area contributed by atoms with Gasteiger partial charge in [0.2, 0.25) is 5.16 Å². The molecule has 2 aromatic carbocycles. The molecule has 1 heterocycles. The van der Waals surface area contributed by atoms with E-state index >= 15 is 0 Å². The minimum Gasteiger partial charge on any atom is -0.335 e. The fraction of sp³-hybridized carbons (Fsp3) is 0.125. The molecule has 0 atom stereocenters. The van der Waals surface area contributed by atoms with Crippen LogP contribution in [0.4, 0.5) is 0 Å². The van der Waals surface area contributed by atoms with Gasteiger partial charge in [-0.05, 0) is 24.6 Å². The highest BCUT2D eigenvalue weighted by Gasteiger charge is 2.13. The molecule has 0 fully saturated rings. The summed E-state index contributed by atoms with van der Waals surface area (Å²) in [4.78, 5) is 0. The molecular weight excluding hydrogens is 351 g/mol. The van der Waals surface area contributed by atoms with E-state index in [1.54, 1.807) is 6.07 Å². The molecule has 0 saturated heterocycles. The molecule has 0 aliphatic heterocycles. The summed E-state index contributed by atoms with van der Waals surface area (Å²) in [7, 11) is 0. The van der Waals surface area contributed by atoms with Gasteiger partial charge in [-0.25, -0.2) is 4.68 Å². The molecule has 0 unspecified atom stereocenters. The summed E-state index contributed by atoms with van der Waals surface area (Å²) in [5.41, 5.74) is 3.09. The number of hydrogen-bond acceptors (Lipinski definition) is 4. The maximum atomic E-state index is 6.18. The molecule has 3 aromatic rings. The summed E-state index contributed by atoms with van der Waals surface area (Å²) in [5, 5.41) is 10.2. The van der Waals surface area contributed by atoms with Crippen LogP contribution >= 0.6 is 35.0 Å². The SMILES string of the molecule is Cc1ccc(-c2nnc(SCc3ccc(Cl)cc3Cl)n2N)cc1. The van der Waals surface area contributed by atoms with Crippen molar-refractivity contribution in [2.45, 2.75) is 17.8 Å². The van der Waals surface area contributed by atoms with Crippen LogP contribution in [0.3, 0.4) is 0 Å². The maximum Gasteiger partial charge on any atom is 0.210 e. The second-order valence-corrected chi connectivity index (χ2v) is 6.85. The van der Waals surface area contributed by atoms with Crippen LogP contribution in [0.1, 0.15) is 11.1 Å². The van der Waals surface area contributed by atoms with Gasteiger partial charge in [-0.1, -0.05) is 70.9 Å². The normalized spacial score (nSPS) is 10.9. The van der Waals surface area contributed by atoms with E-state index in [-0.39, 0.29) is 0 Å². The zero-order valence-corrected chi connectivity index (χ0v) is 14.7. The topological polar surface area (TPSA) is 56.7 Å². The Morgan fingerprint density at radius 1 is 1.09 bits per heavy atom. The Hall–Kier alpha value is -1.69. The minimum absolute atomic E-state index is 0.618. The zero-order valence-electron chi connectivity index (χ0n) is 12.3. The zero-order chi connectivity index (χ0) is 16.4. The first-order valence-corrected chi connectivity index (χ1v) is 8.63. The van der Waals surface area contributed by atoms with Gasteiger partial charge in [0.1, 0.15) is 0 Å². The maximum absolute atomic E-state index is 6.18. The van der Waals surface area contributed by atoms with Crippen LogP contribution in [0.25, 0.3) is 11.4 Å². The Labute approximate surface area is 148 Å². The summed E-state index contributed by atoms with van der Waals surface area (Å²) in [6, 6.07) is 13.4. The minimum atomic E-state index is 0.618. The lowest BCUT2D eigenvalue weighted by Gasteiger charge is -2.06. The predicted molar refractivity (Wildman–Crippen MR) is 96.4 cm³/mol. The number of aromatic nitrogens is 3. The van der Waals surface area contributed by atoms with E-state index in [0.717, 1.165) is 11.1 Å². The lowest BCUT2D eigenvalue weighted by atomic mass is 10.1. The number of thioether (sulfide) groups is 1. The first kappa shape index (κ1) is 16.2. The molecule has 7 heteroatoms. The highest BCUT2D eigenvalue weighted by molar-refractivity contribution is 7.98. The van der Waals surface area contributed by atoms with Gasteiger partial charge in [-0.15, -0.1) is 10.2 Å². The summed E-state index contributed by atoms with van der Waals surface area (Å²) in [6.45, 7) is 2.04. The number of hydrogen-bond donors (Lipinski definition) is 1. The van der Waals surface area contributed by atoms with Gasteiger partial charge in [0.25, 0.3) is 0 Å². The molecule has 0 amide bonds. The molecule has 0 saturated carbocycles. The van der Waals surface area contributed by atoms with Gasteiger partial charge in [0, 0.05) is 21.4 Å². The number of halogens is 2. The lowest BCUT2D eigenvalue weighted by Crippen LogP contribution is -2.11. The van der Waals surface area contributed by atoms with Crippen molar-refractivity contribution in [3.05, 3.63) is 63.6 Å². The average Bonchev–Trinajstić information content (AvgIpc) is 2.88. The highest BCUT2D eigenvalue weighted by atomic mass is 35.5. The van der Waals surface area contributed by atoms with Crippen molar-refractivity contribution in [2.24, 2.45) is 0 Å². The van der Waals surface area contributed by atoms with Crippen LogP contribution in [0.15, 0.2) is 47.6 Å². The lowest BCUT2D eigenvalue weighted by molar-refractivity contribution is 0.849. The molecule has 0 bridgehead atoms. The van der Waals surface area contributed by atoms with E-state index in [1.165, 1.54) is 22.0 Å². The summed E-state index contributed by atoms with van der Waals surface area (Å²) >= 11 is 13.6. The Kier molecular flexibility index (Phi) is 4.80. The molecule has 3 rings (SSSR count). The number of nitrogen functional groups attached to an aromatic ring is 1. The number of aryl methyl sites for hydroxylation is 1. The average molecular weight is 365 g/mol. The van der Waals surface area contributed by atoms with Crippen LogP contribution in [-0.2, 0) is 5.75 Å². The van der Waals surface area contributed by atoms with Crippen molar-refractivity contribution in [1.29, 1.82) is 0 Å². The second-order valence-electron chi connectivity index (χ2n) is 5.07. The Bertz CT molecular complexity index is 831. The molecule has 23 heavy (non-hydrogen) atoms. The van der Waals surface area contributed by atoms with E-state index in [4.69, 9.17) is 29.0 Å². The van der Waals surface area contributed by atoms with Crippen molar-refractivity contribution in [3.63, 3.8) is 0 Å². The summed E-state index contributed by atoms with van der Waals surface area (Å²) < 4.78 is 1.50. The standard InChI is InChI=1S/C16H14Cl2N4S/c1-10-2-4-11(5-3-10)15-20-21-16(22(15)19)23-9-12-6-7-13(17)8-14(12)18/h2-8H,9,19H2,1H3. The van der Waals surface area contributed by atoms with Crippen LogP contribution in [-0.4, -0.2) is 14.9 Å². The molecule has 1 aromatic heterocycles. The van der Waals surface area contributed by atoms with Crippen molar-refractivity contribution >= 4 is 35.0 Å². The number of benzene rings is 2. The molecular formula is C16H14Cl2N4S. The van der Waals surface area contributed by atoms with E-state index in [2.05, 4.69) is 10.2 Å². The van der Waals surface area contributed by atoms with Crippen molar-refractivity contribution < 1.29 is 0 Å². The van der Waals surface area contributed by atoms with Gasteiger partial charge in [0.15, 0.2) is 5.82 Å². The third kappa shape index (κ3) is 3.63. The molecule has 4 nitrogen and oxygen atoms in total. The third-order valence-electron chi connectivity index (χ3n) is 3.35. The van der Waals surface area contributed by atoms with Crippen LogP contribution in [0.2, 0.25) is 10.0 Å². The van der Waals surface area contributed by atoms with Gasteiger partial charge in [0.05, 0.1) is 0 Å². The van der Waals surface area contributed by atoms with Crippen LogP contribution in [0, 0.1) is 6.92 Å².